The topological polar surface area (TPSA) is 103 Å². The number of hydrogen-bond donors (Lipinski definition) is 2. The highest BCUT2D eigenvalue weighted by Crippen LogP contribution is 2.30. The van der Waals surface area contributed by atoms with Crippen molar-refractivity contribution in [2.75, 3.05) is 26.6 Å². The summed E-state index contributed by atoms with van der Waals surface area (Å²) < 4.78 is 43.3. The third kappa shape index (κ3) is 4.93. The van der Waals surface area contributed by atoms with Crippen LogP contribution < -0.4 is 24.2 Å². The van der Waals surface area contributed by atoms with Gasteiger partial charge in [-0.15, -0.1) is 0 Å². The number of carbonyl (C=O) groups is 1. The average Bonchev–Trinajstić information content (AvgIpc) is 2.67. The van der Waals surface area contributed by atoms with Gasteiger partial charge in [0, 0.05) is 11.8 Å². The summed E-state index contributed by atoms with van der Waals surface area (Å²) in [6, 6.07) is 8.62. The molecule has 2 aromatic rings. The number of anilines is 1. The van der Waals surface area contributed by atoms with Crippen LogP contribution in [0.5, 0.6) is 17.2 Å². The summed E-state index contributed by atoms with van der Waals surface area (Å²) >= 11 is 0. The summed E-state index contributed by atoms with van der Waals surface area (Å²) in [4.78, 5) is 12.4. The van der Waals surface area contributed by atoms with Gasteiger partial charge in [-0.05, 0) is 43.7 Å². The first kappa shape index (κ1) is 21.5. The predicted octanol–water partition coefficient (Wildman–Crippen LogP) is 2.33. The van der Waals surface area contributed by atoms with Gasteiger partial charge in [-0.2, -0.15) is 4.72 Å². The number of benzene rings is 2. The van der Waals surface area contributed by atoms with Crippen molar-refractivity contribution in [3.63, 3.8) is 0 Å². The molecule has 0 aliphatic carbocycles. The van der Waals surface area contributed by atoms with Crippen LogP contribution in [0.3, 0.4) is 0 Å². The third-order valence-corrected chi connectivity index (χ3v) is 5.55. The average molecular weight is 408 g/mol. The van der Waals surface area contributed by atoms with E-state index in [1.807, 2.05) is 0 Å². The van der Waals surface area contributed by atoms with Gasteiger partial charge in [0.15, 0.2) is 11.5 Å². The molecule has 28 heavy (non-hydrogen) atoms. The molecule has 0 aliphatic heterocycles. The Hall–Kier alpha value is -2.78. The molecular weight excluding hydrogens is 384 g/mol. The summed E-state index contributed by atoms with van der Waals surface area (Å²) in [5, 5.41) is 2.65. The minimum atomic E-state index is -3.97. The monoisotopic (exact) mass is 408 g/mol. The number of nitrogens with one attached hydrogen (secondary N) is 2. The zero-order valence-electron chi connectivity index (χ0n) is 16.4. The van der Waals surface area contributed by atoms with Gasteiger partial charge in [0.2, 0.25) is 15.9 Å². The van der Waals surface area contributed by atoms with E-state index < -0.39 is 22.0 Å². The molecule has 2 N–H and O–H groups in total. The number of aryl methyl sites for hydroxylation is 1. The summed E-state index contributed by atoms with van der Waals surface area (Å²) in [6.45, 7) is 3.22. The van der Waals surface area contributed by atoms with Crippen LogP contribution in [-0.4, -0.2) is 41.7 Å². The minimum Gasteiger partial charge on any atom is -0.495 e. The zero-order chi connectivity index (χ0) is 20.9. The molecule has 1 amide bonds. The third-order valence-electron chi connectivity index (χ3n) is 3.98. The zero-order valence-corrected chi connectivity index (χ0v) is 17.2. The highest BCUT2D eigenvalue weighted by atomic mass is 32.2. The lowest BCUT2D eigenvalue weighted by atomic mass is 10.2. The Morgan fingerprint density at radius 2 is 1.54 bits per heavy atom. The van der Waals surface area contributed by atoms with E-state index in [1.54, 1.807) is 37.3 Å². The van der Waals surface area contributed by atoms with Crippen LogP contribution in [0.4, 0.5) is 5.69 Å². The Morgan fingerprint density at radius 3 is 2.14 bits per heavy atom. The Bertz CT molecular complexity index is 959. The van der Waals surface area contributed by atoms with Gasteiger partial charge in [-0.3, -0.25) is 4.79 Å². The van der Waals surface area contributed by atoms with Gasteiger partial charge < -0.3 is 19.5 Å². The van der Waals surface area contributed by atoms with Gasteiger partial charge >= 0.3 is 0 Å². The second-order valence-electron chi connectivity index (χ2n) is 6.06. The lowest BCUT2D eigenvalue weighted by molar-refractivity contribution is -0.117. The van der Waals surface area contributed by atoms with Crippen LogP contribution in [0.15, 0.2) is 41.3 Å². The summed E-state index contributed by atoms with van der Waals surface area (Å²) in [5.41, 5.74) is 1.20. The van der Waals surface area contributed by atoms with Gasteiger partial charge in [0.1, 0.15) is 10.6 Å². The fraction of sp³-hybridized carbons (Fsp3) is 0.316. The molecule has 0 aromatic heterocycles. The fourth-order valence-corrected chi connectivity index (χ4v) is 3.96. The van der Waals surface area contributed by atoms with Crippen molar-refractivity contribution < 1.29 is 27.4 Å². The number of amides is 1. The van der Waals surface area contributed by atoms with Crippen molar-refractivity contribution >= 4 is 21.6 Å². The van der Waals surface area contributed by atoms with E-state index in [9.17, 15) is 13.2 Å². The van der Waals surface area contributed by atoms with Crippen molar-refractivity contribution in [2.45, 2.75) is 24.8 Å². The molecule has 0 radical (unpaired) electrons. The van der Waals surface area contributed by atoms with Crippen LogP contribution in [-0.2, 0) is 14.8 Å². The smallest absolute Gasteiger partial charge is 0.244 e. The maximum absolute atomic E-state index is 12.7. The van der Waals surface area contributed by atoms with Gasteiger partial charge in [-0.1, -0.05) is 6.07 Å². The normalized spacial score (nSPS) is 12.2. The van der Waals surface area contributed by atoms with Gasteiger partial charge in [-0.25, -0.2) is 8.42 Å². The Morgan fingerprint density at radius 1 is 0.929 bits per heavy atom. The highest BCUT2D eigenvalue weighted by Gasteiger charge is 2.25. The van der Waals surface area contributed by atoms with E-state index in [-0.39, 0.29) is 10.6 Å². The molecule has 0 heterocycles. The molecule has 0 saturated heterocycles. The summed E-state index contributed by atoms with van der Waals surface area (Å²) in [5.74, 6) is 0.631. The van der Waals surface area contributed by atoms with E-state index in [0.29, 0.717) is 17.2 Å². The lowest BCUT2D eigenvalue weighted by Crippen LogP contribution is -2.41. The molecule has 0 unspecified atom stereocenters. The van der Waals surface area contributed by atoms with Crippen LogP contribution in [0.25, 0.3) is 0 Å². The van der Waals surface area contributed by atoms with Gasteiger partial charge in [0.05, 0.1) is 27.4 Å². The Balaban J connectivity index is 2.17. The van der Waals surface area contributed by atoms with E-state index in [0.717, 1.165) is 5.56 Å². The molecule has 0 aliphatic rings. The fourth-order valence-electron chi connectivity index (χ4n) is 2.51. The van der Waals surface area contributed by atoms with Crippen molar-refractivity contribution in [3.05, 3.63) is 42.0 Å². The molecule has 0 saturated carbocycles. The van der Waals surface area contributed by atoms with Crippen LogP contribution in [0.2, 0.25) is 0 Å². The molecule has 0 bridgehead atoms. The number of sulfonamides is 1. The van der Waals surface area contributed by atoms with E-state index >= 15 is 0 Å². The van der Waals surface area contributed by atoms with Crippen molar-refractivity contribution in [1.29, 1.82) is 0 Å². The lowest BCUT2D eigenvalue weighted by Gasteiger charge is -2.17. The molecule has 8 nitrogen and oxygen atoms in total. The van der Waals surface area contributed by atoms with Crippen molar-refractivity contribution in [1.82, 2.24) is 4.72 Å². The number of rotatable bonds is 8. The van der Waals surface area contributed by atoms with E-state index in [2.05, 4.69) is 10.0 Å². The second-order valence-corrected chi connectivity index (χ2v) is 7.74. The molecule has 1 atom stereocenters. The molecule has 2 aromatic carbocycles. The first-order valence-corrected chi connectivity index (χ1v) is 9.90. The number of methoxy groups -OCH3 is 3. The molecule has 2 rings (SSSR count). The number of carbonyl (C=O) groups excluding carboxylic acids is 1. The van der Waals surface area contributed by atoms with Crippen LogP contribution in [0.1, 0.15) is 12.5 Å². The summed E-state index contributed by atoms with van der Waals surface area (Å²) in [6.07, 6.45) is 0. The highest BCUT2D eigenvalue weighted by molar-refractivity contribution is 7.89. The predicted molar refractivity (Wildman–Crippen MR) is 106 cm³/mol. The first-order valence-electron chi connectivity index (χ1n) is 8.41. The molecular formula is C19H24N2O6S. The van der Waals surface area contributed by atoms with Gasteiger partial charge in [0.25, 0.3) is 0 Å². The SMILES string of the molecule is COc1ccc(NC(=O)[C@@H](C)NS(=O)(=O)c2cc(C)ccc2OC)cc1OC. The van der Waals surface area contributed by atoms with E-state index in [4.69, 9.17) is 14.2 Å². The largest absolute Gasteiger partial charge is 0.495 e. The van der Waals surface area contributed by atoms with Crippen LogP contribution in [0, 0.1) is 6.92 Å². The van der Waals surface area contributed by atoms with Crippen LogP contribution >= 0.6 is 0 Å². The number of ether oxygens (including phenoxy) is 3. The molecule has 0 spiro atoms. The second kappa shape index (κ2) is 8.94. The maximum atomic E-state index is 12.7. The Kier molecular flexibility index (Phi) is 6.87. The first-order chi connectivity index (χ1) is 13.2. The Labute approximate surface area is 164 Å². The standard InChI is InChI=1S/C19H24N2O6S/c1-12-6-8-16(26-4)18(10-12)28(23,24)21-13(2)19(22)20-14-7-9-15(25-3)17(11-14)27-5/h6-11,13,21H,1-5H3,(H,20,22)/t13-/m1/s1. The molecule has 9 heteroatoms. The molecule has 152 valence electrons. The quantitative estimate of drug-likeness (QED) is 0.695. The van der Waals surface area contributed by atoms with Crippen molar-refractivity contribution in [2.24, 2.45) is 0 Å². The minimum absolute atomic E-state index is 0.0271. The number of hydrogen-bond acceptors (Lipinski definition) is 6. The summed E-state index contributed by atoms with van der Waals surface area (Å²) in [7, 11) is 0.408. The molecule has 0 fully saturated rings. The van der Waals surface area contributed by atoms with Crippen molar-refractivity contribution in [3.8, 4) is 17.2 Å². The van der Waals surface area contributed by atoms with E-state index in [1.165, 1.54) is 34.3 Å². The maximum Gasteiger partial charge on any atom is 0.244 e.